The summed E-state index contributed by atoms with van der Waals surface area (Å²) < 4.78 is 0. The van der Waals surface area contributed by atoms with Gasteiger partial charge in [0, 0.05) is 5.39 Å². The number of aryl methyl sites for hydroxylation is 1. The van der Waals surface area contributed by atoms with Gasteiger partial charge in [-0.25, -0.2) is 4.98 Å². The Balaban J connectivity index is 2.24. The second kappa shape index (κ2) is 4.67. The van der Waals surface area contributed by atoms with E-state index in [-0.39, 0.29) is 6.04 Å². The van der Waals surface area contributed by atoms with Crippen LogP contribution in [0.4, 0.5) is 0 Å². The van der Waals surface area contributed by atoms with Crippen LogP contribution in [-0.2, 0) is 0 Å². The van der Waals surface area contributed by atoms with Gasteiger partial charge in [0.05, 0.1) is 17.1 Å². The lowest BCUT2D eigenvalue weighted by Crippen LogP contribution is -2.16. The van der Waals surface area contributed by atoms with Gasteiger partial charge in [0.1, 0.15) is 5.82 Å². The molecule has 0 saturated heterocycles. The van der Waals surface area contributed by atoms with Crippen LogP contribution in [0.25, 0.3) is 21.8 Å². The molecular formula is C16H19N3. The number of benzene rings is 2. The summed E-state index contributed by atoms with van der Waals surface area (Å²) in [5.41, 5.74) is 3.46. The Morgan fingerprint density at radius 2 is 2.11 bits per heavy atom. The van der Waals surface area contributed by atoms with Gasteiger partial charge in [-0.2, -0.15) is 0 Å². The van der Waals surface area contributed by atoms with Gasteiger partial charge in [0.2, 0.25) is 0 Å². The topological polar surface area (TPSA) is 40.7 Å². The van der Waals surface area contributed by atoms with Gasteiger partial charge in [0.15, 0.2) is 0 Å². The minimum absolute atomic E-state index is 0.285. The fourth-order valence-electron chi connectivity index (χ4n) is 2.64. The number of fused-ring (bicyclic) bond motifs is 3. The molecule has 3 aromatic rings. The molecule has 1 atom stereocenters. The maximum Gasteiger partial charge on any atom is 0.124 e. The molecule has 0 fully saturated rings. The van der Waals surface area contributed by atoms with Crippen molar-refractivity contribution in [3.05, 3.63) is 41.7 Å². The largest absolute Gasteiger partial charge is 0.341 e. The van der Waals surface area contributed by atoms with Crippen molar-refractivity contribution in [2.24, 2.45) is 0 Å². The second-order valence-electron chi connectivity index (χ2n) is 5.06. The van der Waals surface area contributed by atoms with Crippen LogP contribution in [0.2, 0.25) is 0 Å². The van der Waals surface area contributed by atoms with E-state index in [0.29, 0.717) is 0 Å². The normalized spacial score (nSPS) is 13.2. The zero-order chi connectivity index (χ0) is 13.4. The minimum Gasteiger partial charge on any atom is -0.341 e. The molecule has 3 heteroatoms. The van der Waals surface area contributed by atoms with Gasteiger partial charge in [0.25, 0.3) is 0 Å². The van der Waals surface area contributed by atoms with Crippen molar-refractivity contribution in [1.82, 2.24) is 15.3 Å². The Bertz CT molecular complexity index is 723. The van der Waals surface area contributed by atoms with Crippen molar-refractivity contribution in [1.29, 1.82) is 0 Å². The van der Waals surface area contributed by atoms with Crippen LogP contribution in [-0.4, -0.2) is 17.0 Å². The molecule has 1 aromatic heterocycles. The average Bonchev–Trinajstić information content (AvgIpc) is 2.83. The first-order valence-corrected chi connectivity index (χ1v) is 6.79. The molecule has 0 radical (unpaired) electrons. The number of H-pyrrole nitrogens is 1. The Hall–Kier alpha value is -1.87. The smallest absolute Gasteiger partial charge is 0.124 e. The van der Waals surface area contributed by atoms with Crippen molar-refractivity contribution in [3.8, 4) is 0 Å². The van der Waals surface area contributed by atoms with Crippen LogP contribution >= 0.6 is 0 Å². The second-order valence-corrected chi connectivity index (χ2v) is 5.06. The zero-order valence-corrected chi connectivity index (χ0v) is 11.6. The molecule has 2 N–H and O–H groups in total. The predicted octanol–water partition coefficient (Wildman–Crippen LogP) is 3.70. The van der Waals surface area contributed by atoms with E-state index in [9.17, 15) is 0 Å². The van der Waals surface area contributed by atoms with E-state index in [1.165, 1.54) is 16.3 Å². The zero-order valence-electron chi connectivity index (χ0n) is 11.6. The van der Waals surface area contributed by atoms with Crippen LogP contribution in [0.15, 0.2) is 30.3 Å². The van der Waals surface area contributed by atoms with Crippen molar-refractivity contribution in [3.63, 3.8) is 0 Å². The van der Waals surface area contributed by atoms with E-state index in [1.807, 2.05) is 7.05 Å². The van der Waals surface area contributed by atoms with Crippen molar-refractivity contribution in [2.75, 3.05) is 7.05 Å². The molecule has 0 aliphatic carbocycles. The molecule has 19 heavy (non-hydrogen) atoms. The maximum absolute atomic E-state index is 4.79. The highest BCUT2D eigenvalue weighted by Gasteiger charge is 2.13. The number of rotatable bonds is 3. The van der Waals surface area contributed by atoms with Gasteiger partial charge >= 0.3 is 0 Å². The standard InChI is InChI=1S/C16H19N3/c1-4-13(17-3)16-18-14-8-6-11-9-10(2)5-7-12(11)15(14)19-16/h5-9,13,17H,4H2,1-3H3,(H,18,19). The van der Waals surface area contributed by atoms with Crippen LogP contribution < -0.4 is 5.32 Å². The van der Waals surface area contributed by atoms with Crippen LogP contribution in [0.3, 0.4) is 0 Å². The summed E-state index contributed by atoms with van der Waals surface area (Å²) in [4.78, 5) is 8.23. The average molecular weight is 253 g/mol. The van der Waals surface area contributed by atoms with Gasteiger partial charge < -0.3 is 10.3 Å². The summed E-state index contributed by atoms with van der Waals surface area (Å²) in [6.45, 7) is 4.28. The van der Waals surface area contributed by atoms with Gasteiger partial charge in [-0.3, -0.25) is 0 Å². The molecule has 0 amide bonds. The minimum atomic E-state index is 0.285. The third-order valence-corrected chi connectivity index (χ3v) is 3.73. The molecule has 3 nitrogen and oxygen atoms in total. The van der Waals surface area contributed by atoms with E-state index in [1.54, 1.807) is 0 Å². The van der Waals surface area contributed by atoms with E-state index in [4.69, 9.17) is 4.98 Å². The summed E-state index contributed by atoms with van der Waals surface area (Å²) in [6.07, 6.45) is 1.02. The molecule has 3 rings (SSSR count). The number of nitrogens with zero attached hydrogens (tertiary/aromatic N) is 1. The molecule has 0 aliphatic heterocycles. The third kappa shape index (κ3) is 2.00. The molecule has 2 aromatic carbocycles. The lowest BCUT2D eigenvalue weighted by Gasteiger charge is -2.09. The number of hydrogen-bond donors (Lipinski definition) is 2. The van der Waals surface area contributed by atoms with Crippen LogP contribution in [0, 0.1) is 6.92 Å². The Morgan fingerprint density at radius 1 is 1.26 bits per heavy atom. The summed E-state index contributed by atoms with van der Waals surface area (Å²) in [5, 5.41) is 5.76. The summed E-state index contributed by atoms with van der Waals surface area (Å²) in [6, 6.07) is 11.1. The quantitative estimate of drug-likeness (QED) is 0.747. The van der Waals surface area contributed by atoms with Crippen LogP contribution in [0.5, 0.6) is 0 Å². The Morgan fingerprint density at radius 3 is 2.84 bits per heavy atom. The highest BCUT2D eigenvalue weighted by atomic mass is 15.0. The first-order valence-electron chi connectivity index (χ1n) is 6.79. The van der Waals surface area contributed by atoms with Crippen molar-refractivity contribution in [2.45, 2.75) is 26.3 Å². The summed E-state index contributed by atoms with van der Waals surface area (Å²) in [7, 11) is 1.98. The fourth-order valence-corrected chi connectivity index (χ4v) is 2.64. The van der Waals surface area contributed by atoms with E-state index in [2.05, 4.69) is 54.5 Å². The maximum atomic E-state index is 4.79. The molecule has 0 spiro atoms. The molecule has 98 valence electrons. The molecular weight excluding hydrogens is 234 g/mol. The van der Waals surface area contributed by atoms with Crippen molar-refractivity contribution < 1.29 is 0 Å². The van der Waals surface area contributed by atoms with E-state index >= 15 is 0 Å². The first kappa shape index (κ1) is 12.2. The number of hydrogen-bond acceptors (Lipinski definition) is 2. The highest BCUT2D eigenvalue weighted by Crippen LogP contribution is 2.26. The predicted molar refractivity (Wildman–Crippen MR) is 80.4 cm³/mol. The van der Waals surface area contributed by atoms with E-state index < -0.39 is 0 Å². The lowest BCUT2D eigenvalue weighted by molar-refractivity contribution is 0.551. The first-order chi connectivity index (χ1) is 9.22. The highest BCUT2D eigenvalue weighted by molar-refractivity contribution is 6.04. The van der Waals surface area contributed by atoms with Gasteiger partial charge in [-0.1, -0.05) is 36.8 Å². The summed E-state index contributed by atoms with van der Waals surface area (Å²) in [5.74, 6) is 1.02. The fraction of sp³-hybridized carbons (Fsp3) is 0.312. The molecule has 0 bridgehead atoms. The van der Waals surface area contributed by atoms with E-state index in [0.717, 1.165) is 23.3 Å². The molecule has 0 aliphatic rings. The van der Waals surface area contributed by atoms with Gasteiger partial charge in [-0.15, -0.1) is 0 Å². The monoisotopic (exact) mass is 253 g/mol. The van der Waals surface area contributed by atoms with Crippen molar-refractivity contribution >= 4 is 21.8 Å². The Kier molecular flexibility index (Phi) is 2.99. The molecule has 0 saturated carbocycles. The SMILES string of the molecule is CCC(NC)c1nc2c(ccc3cc(C)ccc32)[nH]1. The summed E-state index contributed by atoms with van der Waals surface area (Å²) >= 11 is 0. The molecule has 1 unspecified atom stereocenters. The van der Waals surface area contributed by atoms with Gasteiger partial charge in [-0.05, 0) is 31.8 Å². The Labute approximate surface area is 113 Å². The lowest BCUT2D eigenvalue weighted by atomic mass is 10.1. The number of aromatic nitrogens is 2. The van der Waals surface area contributed by atoms with Crippen LogP contribution in [0.1, 0.15) is 30.8 Å². The third-order valence-electron chi connectivity index (χ3n) is 3.73. The number of aromatic amines is 1. The molecule has 1 heterocycles. The number of imidazole rings is 1. The number of nitrogens with one attached hydrogen (secondary N) is 2.